The molecule has 1 aromatic carbocycles. The summed E-state index contributed by atoms with van der Waals surface area (Å²) in [7, 11) is 0. The fourth-order valence-corrected chi connectivity index (χ4v) is 1.67. The second kappa shape index (κ2) is 5.95. The number of benzene rings is 1. The highest BCUT2D eigenvalue weighted by molar-refractivity contribution is 6.01. The van der Waals surface area contributed by atoms with Gasteiger partial charge in [-0.25, -0.2) is 0 Å². The van der Waals surface area contributed by atoms with Gasteiger partial charge in [-0.15, -0.1) is 0 Å². The van der Waals surface area contributed by atoms with Crippen LogP contribution >= 0.6 is 0 Å². The normalized spacial score (nSPS) is 12.9. The lowest BCUT2D eigenvalue weighted by Gasteiger charge is -2.23. The molecule has 0 radical (unpaired) electrons. The van der Waals surface area contributed by atoms with Gasteiger partial charge in [0.05, 0.1) is 11.7 Å². The molecule has 0 amide bonds. The zero-order valence-electron chi connectivity index (χ0n) is 11.0. The van der Waals surface area contributed by atoms with E-state index in [1.807, 2.05) is 0 Å². The van der Waals surface area contributed by atoms with Gasteiger partial charge in [0.2, 0.25) is 5.92 Å². The first-order valence-electron chi connectivity index (χ1n) is 5.88. The Morgan fingerprint density at radius 1 is 1.00 bits per heavy atom. The smallest absolute Gasteiger partial charge is 0.407 e. The molecule has 21 heavy (non-hydrogen) atoms. The molecule has 0 unspecified atom stereocenters. The molecule has 0 atom stereocenters. The number of ketones is 1. The average Bonchev–Trinajstić information content (AvgIpc) is 2.24. The molecule has 0 aliphatic carbocycles. The molecule has 0 aromatic heterocycles. The highest BCUT2D eigenvalue weighted by atomic mass is 19.4. The standard InChI is InChI=1S/C13H12F6O2/c1-7(2)21-9-6-4-3-5-8(9)10(20)11(12(14,15)16)13(17,18)19/h3-7,11H,1-2H3. The largest absolute Gasteiger partial charge is 0.490 e. The van der Waals surface area contributed by atoms with Crippen LogP contribution in [0.3, 0.4) is 0 Å². The summed E-state index contributed by atoms with van der Waals surface area (Å²) in [6.45, 7) is 3.07. The summed E-state index contributed by atoms with van der Waals surface area (Å²) < 4.78 is 80.5. The molecule has 0 aliphatic heterocycles. The Balaban J connectivity index is 3.29. The highest BCUT2D eigenvalue weighted by Crippen LogP contribution is 2.42. The van der Waals surface area contributed by atoms with E-state index in [0.29, 0.717) is 0 Å². The van der Waals surface area contributed by atoms with Crippen molar-refractivity contribution in [2.24, 2.45) is 5.92 Å². The first-order valence-corrected chi connectivity index (χ1v) is 5.88. The predicted octanol–water partition coefficient (Wildman–Crippen LogP) is 4.40. The number of carbonyl (C=O) groups is 1. The first kappa shape index (κ1) is 17.3. The van der Waals surface area contributed by atoms with E-state index in [2.05, 4.69) is 0 Å². The van der Waals surface area contributed by atoms with Crippen LogP contribution in [0, 0.1) is 5.92 Å². The Bertz CT molecular complexity index is 490. The molecule has 118 valence electrons. The number of para-hydroxylation sites is 1. The third kappa shape index (κ3) is 4.37. The molecule has 0 spiro atoms. The molecule has 0 heterocycles. The molecule has 2 nitrogen and oxygen atoms in total. The van der Waals surface area contributed by atoms with Gasteiger partial charge in [-0.3, -0.25) is 4.79 Å². The number of hydrogen-bond acceptors (Lipinski definition) is 2. The maximum atomic E-state index is 12.6. The van der Waals surface area contributed by atoms with Crippen molar-refractivity contribution in [2.75, 3.05) is 0 Å². The lowest BCUT2D eigenvalue weighted by atomic mass is 9.95. The number of carbonyl (C=O) groups excluding carboxylic acids is 1. The minimum Gasteiger partial charge on any atom is -0.490 e. The Kier molecular flexibility index (Phi) is 4.91. The summed E-state index contributed by atoms with van der Waals surface area (Å²) in [4.78, 5) is 11.7. The van der Waals surface area contributed by atoms with Crippen molar-refractivity contribution in [3.8, 4) is 5.75 Å². The van der Waals surface area contributed by atoms with Gasteiger partial charge in [0.25, 0.3) is 0 Å². The van der Waals surface area contributed by atoms with E-state index in [4.69, 9.17) is 4.74 Å². The van der Waals surface area contributed by atoms with E-state index in [9.17, 15) is 31.1 Å². The molecule has 0 fully saturated rings. The van der Waals surface area contributed by atoms with Gasteiger partial charge in [-0.2, -0.15) is 26.3 Å². The topological polar surface area (TPSA) is 26.3 Å². The first-order chi connectivity index (χ1) is 9.44. The van der Waals surface area contributed by atoms with Gasteiger partial charge in [-0.1, -0.05) is 12.1 Å². The van der Waals surface area contributed by atoms with Gasteiger partial charge in [0.15, 0.2) is 5.78 Å². The van der Waals surface area contributed by atoms with Gasteiger partial charge in [0.1, 0.15) is 5.75 Å². The fourth-order valence-electron chi connectivity index (χ4n) is 1.67. The minimum absolute atomic E-state index is 0.309. The molecule has 0 bridgehead atoms. The number of alkyl halides is 6. The maximum Gasteiger partial charge on any atom is 0.407 e. The maximum absolute atomic E-state index is 12.6. The summed E-state index contributed by atoms with van der Waals surface area (Å²) in [6, 6.07) is 4.55. The SMILES string of the molecule is CC(C)Oc1ccccc1C(=O)C(C(F)(F)F)C(F)(F)F. The van der Waals surface area contributed by atoms with Crippen molar-refractivity contribution in [1.82, 2.24) is 0 Å². The Hall–Kier alpha value is -1.73. The van der Waals surface area contributed by atoms with Crippen molar-refractivity contribution in [3.05, 3.63) is 29.8 Å². The summed E-state index contributed by atoms with van der Waals surface area (Å²) in [6.07, 6.45) is -11.9. The van der Waals surface area contributed by atoms with E-state index >= 15 is 0 Å². The summed E-state index contributed by atoms with van der Waals surface area (Å²) in [5.74, 6) is -6.45. The molecular weight excluding hydrogens is 302 g/mol. The van der Waals surface area contributed by atoms with Crippen LogP contribution in [0.5, 0.6) is 5.75 Å². The van der Waals surface area contributed by atoms with Crippen molar-refractivity contribution in [2.45, 2.75) is 32.3 Å². The summed E-state index contributed by atoms with van der Waals surface area (Å²) in [5, 5.41) is 0. The van der Waals surface area contributed by atoms with Crippen LogP contribution in [-0.4, -0.2) is 24.2 Å². The Morgan fingerprint density at radius 2 is 1.48 bits per heavy atom. The molecule has 0 saturated carbocycles. The van der Waals surface area contributed by atoms with Gasteiger partial charge < -0.3 is 4.74 Å². The number of hydrogen-bond donors (Lipinski definition) is 0. The number of Topliss-reactive ketones (excluding diaryl/α,β-unsaturated/α-hetero) is 1. The van der Waals surface area contributed by atoms with Crippen LogP contribution in [0.25, 0.3) is 0 Å². The van der Waals surface area contributed by atoms with E-state index in [1.54, 1.807) is 0 Å². The quantitative estimate of drug-likeness (QED) is 0.608. The van der Waals surface area contributed by atoms with Crippen molar-refractivity contribution in [3.63, 3.8) is 0 Å². The number of rotatable bonds is 4. The lowest BCUT2D eigenvalue weighted by Crippen LogP contribution is -2.42. The van der Waals surface area contributed by atoms with E-state index < -0.39 is 35.7 Å². The minimum atomic E-state index is -5.72. The molecule has 0 saturated heterocycles. The zero-order chi connectivity index (χ0) is 16.4. The number of ether oxygens (including phenoxy) is 1. The van der Waals surface area contributed by atoms with E-state index in [0.717, 1.165) is 12.1 Å². The molecular formula is C13H12F6O2. The van der Waals surface area contributed by atoms with Crippen LogP contribution in [0.1, 0.15) is 24.2 Å². The second-order valence-corrected chi connectivity index (χ2v) is 4.54. The van der Waals surface area contributed by atoms with Crippen molar-refractivity contribution >= 4 is 5.78 Å². The van der Waals surface area contributed by atoms with Gasteiger partial charge >= 0.3 is 12.4 Å². The number of halogens is 6. The van der Waals surface area contributed by atoms with E-state index in [1.165, 1.54) is 26.0 Å². The third-order valence-corrected chi connectivity index (χ3v) is 2.43. The van der Waals surface area contributed by atoms with Gasteiger partial charge in [-0.05, 0) is 26.0 Å². The molecule has 1 rings (SSSR count). The van der Waals surface area contributed by atoms with E-state index in [-0.39, 0.29) is 5.75 Å². The monoisotopic (exact) mass is 314 g/mol. The highest BCUT2D eigenvalue weighted by Gasteiger charge is 2.61. The molecule has 8 heteroatoms. The third-order valence-electron chi connectivity index (χ3n) is 2.43. The Labute approximate surface area is 116 Å². The molecule has 1 aromatic rings. The van der Waals surface area contributed by atoms with Crippen LogP contribution in [0.2, 0.25) is 0 Å². The fraction of sp³-hybridized carbons (Fsp3) is 0.462. The average molecular weight is 314 g/mol. The van der Waals surface area contributed by atoms with Crippen LogP contribution in [0.15, 0.2) is 24.3 Å². The lowest BCUT2D eigenvalue weighted by molar-refractivity contribution is -0.264. The summed E-state index contributed by atoms with van der Waals surface area (Å²) in [5.41, 5.74) is -0.745. The van der Waals surface area contributed by atoms with Crippen LogP contribution < -0.4 is 4.74 Å². The second-order valence-electron chi connectivity index (χ2n) is 4.54. The van der Waals surface area contributed by atoms with Gasteiger partial charge in [0, 0.05) is 0 Å². The van der Waals surface area contributed by atoms with Crippen LogP contribution in [-0.2, 0) is 0 Å². The summed E-state index contributed by atoms with van der Waals surface area (Å²) >= 11 is 0. The predicted molar refractivity (Wildman–Crippen MR) is 62.1 cm³/mol. The van der Waals surface area contributed by atoms with Crippen molar-refractivity contribution in [1.29, 1.82) is 0 Å². The molecule has 0 N–H and O–H groups in total. The Morgan fingerprint density at radius 3 is 1.90 bits per heavy atom. The van der Waals surface area contributed by atoms with Crippen LogP contribution in [0.4, 0.5) is 26.3 Å². The zero-order valence-corrected chi connectivity index (χ0v) is 11.0. The van der Waals surface area contributed by atoms with Crippen molar-refractivity contribution < 1.29 is 35.9 Å². The molecule has 0 aliphatic rings.